The Hall–Kier alpha value is -4.05. The molecule has 1 saturated carbocycles. The first-order valence-corrected chi connectivity index (χ1v) is 11.1. The molecule has 1 atom stereocenters. The molecule has 0 spiro atoms. The van der Waals surface area contributed by atoms with Gasteiger partial charge in [-0.3, -0.25) is 14.6 Å². The van der Waals surface area contributed by atoms with Gasteiger partial charge in [-0.15, -0.1) is 0 Å². The third-order valence-corrected chi connectivity index (χ3v) is 6.44. The number of rotatable bonds is 6. The molecule has 0 radical (unpaired) electrons. The molecule has 7 nitrogen and oxygen atoms in total. The van der Waals surface area contributed by atoms with Gasteiger partial charge in [0.2, 0.25) is 11.8 Å². The summed E-state index contributed by atoms with van der Waals surface area (Å²) in [4.78, 5) is 35.8. The van der Waals surface area contributed by atoms with Crippen LogP contribution in [0.4, 0.5) is 11.5 Å². The molecule has 2 aliphatic rings. The van der Waals surface area contributed by atoms with Crippen molar-refractivity contribution in [1.29, 1.82) is 5.26 Å². The molecule has 7 heteroatoms. The Morgan fingerprint density at radius 2 is 2.00 bits per heavy atom. The molecule has 1 N–H and O–H groups in total. The van der Waals surface area contributed by atoms with E-state index in [1.807, 2.05) is 36.4 Å². The van der Waals surface area contributed by atoms with Crippen LogP contribution in [0, 0.1) is 22.7 Å². The first-order valence-electron chi connectivity index (χ1n) is 11.1. The number of amides is 2. The number of hydrogen-bond acceptors (Lipinski definition) is 5. The van der Waals surface area contributed by atoms with E-state index in [4.69, 9.17) is 0 Å². The van der Waals surface area contributed by atoms with Crippen molar-refractivity contribution in [2.75, 3.05) is 16.8 Å². The van der Waals surface area contributed by atoms with E-state index in [0.29, 0.717) is 24.5 Å². The average Bonchev–Trinajstić information content (AvgIpc) is 3.63. The van der Waals surface area contributed by atoms with Gasteiger partial charge in [0, 0.05) is 36.9 Å². The zero-order valence-corrected chi connectivity index (χ0v) is 18.1. The number of aromatic nitrogens is 2. The zero-order chi connectivity index (χ0) is 22.8. The van der Waals surface area contributed by atoms with Gasteiger partial charge in [-0.05, 0) is 54.0 Å². The molecule has 1 aliphatic heterocycles. The molecule has 2 amide bonds. The Bertz CT molecular complexity index is 1250. The molecule has 0 unspecified atom stereocenters. The third-order valence-electron chi connectivity index (χ3n) is 6.44. The van der Waals surface area contributed by atoms with Gasteiger partial charge in [-0.25, -0.2) is 4.98 Å². The summed E-state index contributed by atoms with van der Waals surface area (Å²) < 4.78 is 0. The van der Waals surface area contributed by atoms with Gasteiger partial charge in [0.1, 0.15) is 11.2 Å². The van der Waals surface area contributed by atoms with E-state index >= 15 is 0 Å². The summed E-state index contributed by atoms with van der Waals surface area (Å²) >= 11 is 0. The summed E-state index contributed by atoms with van der Waals surface area (Å²) in [5, 5.41) is 12.5. The number of carbonyl (C=O) groups is 2. The lowest BCUT2D eigenvalue weighted by Crippen LogP contribution is -2.35. The van der Waals surface area contributed by atoms with E-state index in [2.05, 4.69) is 21.4 Å². The second-order valence-corrected chi connectivity index (χ2v) is 8.63. The standard InChI is InChI=1S/C26H23N5O2/c27-17-26(21-6-7-21)9-12-31(25(26)33)22-8-11-29-23(15-22)30-24(32)14-18-3-1-4-19(13-18)20-5-2-10-28-16-20/h1-5,8,10-11,13,15-16,21H,6-7,9,12,14H2,(H,29,30,32)/t26-/m1/s1. The number of anilines is 2. The van der Waals surface area contributed by atoms with E-state index in [0.717, 1.165) is 29.5 Å². The minimum atomic E-state index is -0.897. The quantitative estimate of drug-likeness (QED) is 0.629. The largest absolute Gasteiger partial charge is 0.311 e. The van der Waals surface area contributed by atoms with Crippen LogP contribution in [0.5, 0.6) is 0 Å². The highest BCUT2D eigenvalue weighted by atomic mass is 16.2. The summed E-state index contributed by atoms with van der Waals surface area (Å²) in [6.07, 6.45) is 7.71. The Kier molecular flexibility index (Phi) is 5.35. The van der Waals surface area contributed by atoms with Gasteiger partial charge in [-0.1, -0.05) is 30.3 Å². The fourth-order valence-corrected chi connectivity index (χ4v) is 4.56. The number of pyridine rings is 2. The smallest absolute Gasteiger partial charge is 0.247 e. The van der Waals surface area contributed by atoms with Crippen molar-refractivity contribution in [3.05, 3.63) is 72.7 Å². The number of nitrogens with zero attached hydrogens (tertiary/aromatic N) is 4. The fourth-order valence-electron chi connectivity index (χ4n) is 4.56. The van der Waals surface area contributed by atoms with Crippen LogP contribution in [0.25, 0.3) is 11.1 Å². The van der Waals surface area contributed by atoms with E-state index in [9.17, 15) is 14.9 Å². The van der Waals surface area contributed by atoms with Gasteiger partial charge < -0.3 is 10.2 Å². The van der Waals surface area contributed by atoms with Gasteiger partial charge >= 0.3 is 0 Å². The average molecular weight is 438 g/mol. The summed E-state index contributed by atoms with van der Waals surface area (Å²) in [6.45, 7) is 0.501. The van der Waals surface area contributed by atoms with Crippen molar-refractivity contribution in [2.24, 2.45) is 11.3 Å². The molecule has 1 saturated heterocycles. The van der Waals surface area contributed by atoms with E-state index in [1.54, 1.807) is 35.6 Å². The summed E-state index contributed by atoms with van der Waals surface area (Å²) in [5.74, 6) is 0.223. The highest BCUT2D eigenvalue weighted by Crippen LogP contribution is 2.51. The molecule has 5 rings (SSSR count). The van der Waals surface area contributed by atoms with Crippen LogP contribution >= 0.6 is 0 Å². The van der Waals surface area contributed by atoms with E-state index in [-0.39, 0.29) is 24.2 Å². The lowest BCUT2D eigenvalue weighted by atomic mass is 9.83. The van der Waals surface area contributed by atoms with Crippen molar-refractivity contribution >= 4 is 23.3 Å². The SMILES string of the molecule is N#C[C@@]1(C2CC2)CCN(c2ccnc(NC(=O)Cc3cccc(-c4cccnc4)c3)c2)C1=O. The zero-order valence-electron chi connectivity index (χ0n) is 18.1. The maximum absolute atomic E-state index is 13.1. The van der Waals surface area contributed by atoms with Crippen LogP contribution in [0.3, 0.4) is 0 Å². The monoisotopic (exact) mass is 437 g/mol. The number of nitriles is 1. The number of nitrogens with one attached hydrogen (secondary N) is 1. The first kappa shape index (κ1) is 20.8. The fraction of sp³-hybridized carbons (Fsp3) is 0.269. The Labute approximate surface area is 192 Å². The molecular formula is C26H23N5O2. The van der Waals surface area contributed by atoms with Crippen molar-refractivity contribution in [1.82, 2.24) is 9.97 Å². The van der Waals surface area contributed by atoms with Crippen molar-refractivity contribution in [3.8, 4) is 17.2 Å². The van der Waals surface area contributed by atoms with Crippen molar-refractivity contribution < 1.29 is 9.59 Å². The maximum Gasteiger partial charge on any atom is 0.247 e. The molecule has 0 bridgehead atoms. The summed E-state index contributed by atoms with van der Waals surface area (Å²) in [6, 6.07) is 17.4. The van der Waals surface area contributed by atoms with Crippen molar-refractivity contribution in [2.45, 2.75) is 25.7 Å². The van der Waals surface area contributed by atoms with Crippen LogP contribution in [0.15, 0.2) is 67.1 Å². The lowest BCUT2D eigenvalue weighted by Gasteiger charge is -2.21. The minimum absolute atomic E-state index is 0.136. The van der Waals surface area contributed by atoms with Crippen LogP contribution in [0.2, 0.25) is 0 Å². The predicted molar refractivity (Wildman–Crippen MR) is 124 cm³/mol. The Balaban J connectivity index is 1.27. The molecule has 3 heterocycles. The topological polar surface area (TPSA) is 99.0 Å². The van der Waals surface area contributed by atoms with Gasteiger partial charge in [0.15, 0.2) is 0 Å². The van der Waals surface area contributed by atoms with Gasteiger partial charge in [-0.2, -0.15) is 5.26 Å². The van der Waals surface area contributed by atoms with E-state index < -0.39 is 5.41 Å². The maximum atomic E-state index is 13.1. The predicted octanol–water partition coefficient (Wildman–Crippen LogP) is 3.98. The molecule has 3 aromatic rings. The van der Waals surface area contributed by atoms with Crippen molar-refractivity contribution in [3.63, 3.8) is 0 Å². The second kappa shape index (κ2) is 8.47. The van der Waals surface area contributed by atoms with Gasteiger partial charge in [0.05, 0.1) is 12.5 Å². The molecule has 2 aromatic heterocycles. The van der Waals surface area contributed by atoms with Crippen LogP contribution < -0.4 is 10.2 Å². The number of hydrogen-bond donors (Lipinski definition) is 1. The van der Waals surface area contributed by atoms with E-state index in [1.165, 1.54) is 0 Å². The molecular weight excluding hydrogens is 414 g/mol. The molecule has 33 heavy (non-hydrogen) atoms. The first-order chi connectivity index (χ1) is 16.1. The highest BCUT2D eigenvalue weighted by Gasteiger charge is 2.56. The molecule has 1 aromatic carbocycles. The normalized spacial score (nSPS) is 19.8. The minimum Gasteiger partial charge on any atom is -0.311 e. The number of carbonyl (C=O) groups excluding carboxylic acids is 2. The number of benzene rings is 1. The Morgan fingerprint density at radius 1 is 1.15 bits per heavy atom. The third kappa shape index (κ3) is 4.08. The van der Waals surface area contributed by atoms with Crippen LogP contribution in [0.1, 0.15) is 24.8 Å². The molecule has 164 valence electrons. The second-order valence-electron chi connectivity index (χ2n) is 8.63. The lowest BCUT2D eigenvalue weighted by molar-refractivity contribution is -0.123. The molecule has 2 fully saturated rings. The van der Waals surface area contributed by atoms with Crippen LogP contribution in [-0.4, -0.2) is 28.3 Å². The molecule has 1 aliphatic carbocycles. The highest BCUT2D eigenvalue weighted by molar-refractivity contribution is 6.02. The van der Waals surface area contributed by atoms with Crippen LogP contribution in [-0.2, 0) is 16.0 Å². The summed E-state index contributed by atoms with van der Waals surface area (Å²) in [7, 11) is 0. The Morgan fingerprint density at radius 3 is 2.76 bits per heavy atom. The summed E-state index contributed by atoms with van der Waals surface area (Å²) in [5.41, 5.74) is 2.62. The van der Waals surface area contributed by atoms with Gasteiger partial charge in [0.25, 0.3) is 0 Å².